The van der Waals surface area contributed by atoms with Gasteiger partial charge in [0.15, 0.2) is 17.0 Å². The zero-order valence-electron chi connectivity index (χ0n) is 12.8. The van der Waals surface area contributed by atoms with E-state index in [9.17, 15) is 0 Å². The molecule has 0 saturated heterocycles. The van der Waals surface area contributed by atoms with Gasteiger partial charge in [-0.3, -0.25) is 4.57 Å². The minimum atomic E-state index is 0.304. The van der Waals surface area contributed by atoms with Gasteiger partial charge in [0, 0.05) is 23.3 Å². The molecule has 119 valence electrons. The van der Waals surface area contributed by atoms with Gasteiger partial charge < -0.3 is 5.73 Å². The number of imidazole rings is 1. The van der Waals surface area contributed by atoms with Gasteiger partial charge in [-0.1, -0.05) is 23.7 Å². The molecule has 7 nitrogen and oxygen atoms in total. The highest BCUT2D eigenvalue weighted by Crippen LogP contribution is 2.24. The highest BCUT2D eigenvalue weighted by molar-refractivity contribution is 6.30. The van der Waals surface area contributed by atoms with Crippen LogP contribution in [0, 0.1) is 6.33 Å². The van der Waals surface area contributed by atoms with Crippen LogP contribution in [0.15, 0.2) is 36.7 Å². The fourth-order valence-corrected chi connectivity index (χ4v) is 2.71. The second-order valence-electron chi connectivity index (χ2n) is 5.22. The zero-order chi connectivity index (χ0) is 16.7. The molecule has 4 rings (SSSR count). The molecule has 3 heterocycles. The van der Waals surface area contributed by atoms with E-state index in [2.05, 4.69) is 26.4 Å². The van der Waals surface area contributed by atoms with Crippen LogP contribution < -0.4 is 5.73 Å². The Kier molecular flexibility index (Phi) is 3.42. The van der Waals surface area contributed by atoms with Crippen LogP contribution in [0.1, 0.15) is 6.92 Å². The Bertz CT molecular complexity index is 1020. The first-order valence-corrected chi connectivity index (χ1v) is 7.76. The highest BCUT2D eigenvalue weighted by Gasteiger charge is 2.16. The third-order valence-corrected chi connectivity index (χ3v) is 4.02. The standard InChI is InChI=1S/C16H13ClN7/c1-2-23-15-13(14(18)19-9-20-15)22-16(23)24-8-11(7-21-24)10-3-5-12(17)6-4-10/h3-8H,2H2,1H3,(H2,18,19,20). The van der Waals surface area contributed by atoms with E-state index in [0.29, 0.717) is 34.5 Å². The topological polar surface area (TPSA) is 87.4 Å². The Balaban J connectivity index is 1.84. The summed E-state index contributed by atoms with van der Waals surface area (Å²) in [6.07, 6.45) is 6.24. The second kappa shape index (κ2) is 5.61. The number of nitrogens with two attached hydrogens (primary N) is 1. The number of aryl methyl sites for hydroxylation is 1. The van der Waals surface area contributed by atoms with Gasteiger partial charge in [-0.05, 0) is 24.6 Å². The van der Waals surface area contributed by atoms with Crippen LogP contribution in [0.4, 0.5) is 5.82 Å². The molecule has 24 heavy (non-hydrogen) atoms. The molecule has 4 aromatic rings. The van der Waals surface area contributed by atoms with Crippen molar-refractivity contribution >= 4 is 28.6 Å². The molecule has 1 radical (unpaired) electrons. The van der Waals surface area contributed by atoms with Crippen molar-refractivity contribution in [2.24, 2.45) is 0 Å². The van der Waals surface area contributed by atoms with E-state index >= 15 is 0 Å². The summed E-state index contributed by atoms with van der Waals surface area (Å²) in [6.45, 7) is 2.68. The van der Waals surface area contributed by atoms with Crippen molar-refractivity contribution < 1.29 is 0 Å². The summed E-state index contributed by atoms with van der Waals surface area (Å²) in [7, 11) is 0. The minimum Gasteiger partial charge on any atom is -0.382 e. The second-order valence-corrected chi connectivity index (χ2v) is 5.65. The predicted molar refractivity (Wildman–Crippen MR) is 91.8 cm³/mol. The van der Waals surface area contributed by atoms with E-state index in [0.717, 1.165) is 11.1 Å². The highest BCUT2D eigenvalue weighted by atomic mass is 35.5. The smallest absolute Gasteiger partial charge is 0.233 e. The number of hydrogen-bond donors (Lipinski definition) is 1. The Morgan fingerprint density at radius 3 is 2.71 bits per heavy atom. The molecule has 0 atom stereocenters. The largest absolute Gasteiger partial charge is 0.382 e. The van der Waals surface area contributed by atoms with E-state index in [4.69, 9.17) is 17.3 Å². The molecule has 3 aromatic heterocycles. The quantitative estimate of drug-likeness (QED) is 0.620. The van der Waals surface area contributed by atoms with Gasteiger partial charge in [0.05, 0.1) is 6.20 Å². The van der Waals surface area contributed by atoms with Gasteiger partial charge in [-0.25, -0.2) is 19.6 Å². The number of hydrogen-bond acceptors (Lipinski definition) is 5. The fraction of sp³-hybridized carbons (Fsp3) is 0.125. The van der Waals surface area contributed by atoms with Crippen molar-refractivity contribution in [3.05, 3.63) is 48.0 Å². The Morgan fingerprint density at radius 1 is 1.17 bits per heavy atom. The van der Waals surface area contributed by atoms with E-state index in [1.807, 2.05) is 42.0 Å². The van der Waals surface area contributed by atoms with Crippen molar-refractivity contribution in [1.29, 1.82) is 0 Å². The number of benzene rings is 1. The summed E-state index contributed by atoms with van der Waals surface area (Å²) in [5, 5.41) is 5.12. The molecule has 0 bridgehead atoms. The normalized spacial score (nSPS) is 11.2. The lowest BCUT2D eigenvalue weighted by atomic mass is 10.1. The van der Waals surface area contributed by atoms with E-state index < -0.39 is 0 Å². The van der Waals surface area contributed by atoms with Crippen molar-refractivity contribution in [2.45, 2.75) is 13.5 Å². The molecular formula is C16H13ClN7. The third-order valence-electron chi connectivity index (χ3n) is 3.77. The molecule has 0 aliphatic carbocycles. The molecule has 0 unspecified atom stereocenters. The average Bonchev–Trinajstić information content (AvgIpc) is 3.20. The SMILES string of the molecule is CCn1c(-n2cc(-c3ccc(Cl)cc3)cn2)nc2c(N)n[c]nc21. The number of nitrogen functional groups attached to an aromatic ring is 1. The van der Waals surface area contributed by atoms with Crippen molar-refractivity contribution in [1.82, 2.24) is 29.3 Å². The lowest BCUT2D eigenvalue weighted by Gasteiger charge is -2.04. The van der Waals surface area contributed by atoms with E-state index in [-0.39, 0.29) is 0 Å². The molecular weight excluding hydrogens is 326 g/mol. The molecule has 1 aromatic carbocycles. The van der Waals surface area contributed by atoms with E-state index in [1.54, 1.807) is 10.9 Å². The number of fused-ring (bicyclic) bond motifs is 1. The van der Waals surface area contributed by atoms with Gasteiger partial charge in [0.25, 0.3) is 0 Å². The number of aromatic nitrogens is 6. The van der Waals surface area contributed by atoms with Gasteiger partial charge in [0.2, 0.25) is 12.3 Å². The maximum Gasteiger partial charge on any atom is 0.233 e. The molecule has 0 saturated carbocycles. The predicted octanol–water partition coefficient (Wildman–Crippen LogP) is 2.73. The third kappa shape index (κ3) is 2.30. The van der Waals surface area contributed by atoms with Crippen LogP contribution in [0.25, 0.3) is 28.2 Å². The van der Waals surface area contributed by atoms with Crippen molar-refractivity contribution in [3.8, 4) is 17.1 Å². The van der Waals surface area contributed by atoms with Crippen LogP contribution in [-0.4, -0.2) is 29.3 Å². The molecule has 0 fully saturated rings. The maximum absolute atomic E-state index is 5.94. The van der Waals surface area contributed by atoms with Crippen LogP contribution in [-0.2, 0) is 6.54 Å². The molecule has 0 spiro atoms. The minimum absolute atomic E-state index is 0.304. The number of nitrogens with zero attached hydrogens (tertiary/aromatic N) is 6. The first kappa shape index (κ1) is 14.6. The lowest BCUT2D eigenvalue weighted by Crippen LogP contribution is -2.06. The Morgan fingerprint density at radius 2 is 1.96 bits per heavy atom. The molecule has 0 aliphatic heterocycles. The summed E-state index contributed by atoms with van der Waals surface area (Å²) in [6, 6.07) is 7.60. The average molecular weight is 339 g/mol. The Labute approximate surface area is 142 Å². The van der Waals surface area contributed by atoms with Crippen LogP contribution in [0.2, 0.25) is 5.02 Å². The molecule has 0 aliphatic rings. The summed E-state index contributed by atoms with van der Waals surface area (Å²) < 4.78 is 3.62. The molecule has 2 N–H and O–H groups in total. The van der Waals surface area contributed by atoms with Gasteiger partial charge >= 0.3 is 0 Å². The summed E-state index contributed by atoms with van der Waals surface area (Å²) in [5.74, 6) is 0.937. The fourth-order valence-electron chi connectivity index (χ4n) is 2.59. The van der Waals surface area contributed by atoms with Crippen LogP contribution in [0.3, 0.4) is 0 Å². The molecule has 8 heteroatoms. The van der Waals surface area contributed by atoms with Gasteiger partial charge in [0.1, 0.15) is 0 Å². The first-order valence-electron chi connectivity index (χ1n) is 7.38. The number of rotatable bonds is 3. The summed E-state index contributed by atoms with van der Waals surface area (Å²) >= 11 is 5.94. The first-order chi connectivity index (χ1) is 11.7. The summed E-state index contributed by atoms with van der Waals surface area (Å²) in [4.78, 5) is 12.6. The monoisotopic (exact) mass is 338 g/mol. The maximum atomic E-state index is 5.94. The van der Waals surface area contributed by atoms with Gasteiger partial charge in [-0.15, -0.1) is 0 Å². The summed E-state index contributed by atoms with van der Waals surface area (Å²) in [5.41, 5.74) is 9.06. The number of anilines is 1. The van der Waals surface area contributed by atoms with Crippen LogP contribution in [0.5, 0.6) is 0 Å². The van der Waals surface area contributed by atoms with Gasteiger partial charge in [-0.2, -0.15) is 5.10 Å². The van der Waals surface area contributed by atoms with Crippen LogP contribution >= 0.6 is 11.6 Å². The molecule has 0 amide bonds. The number of halogens is 1. The van der Waals surface area contributed by atoms with Crippen molar-refractivity contribution in [3.63, 3.8) is 0 Å². The van der Waals surface area contributed by atoms with E-state index in [1.165, 1.54) is 0 Å². The lowest BCUT2D eigenvalue weighted by molar-refractivity contribution is 0.696. The zero-order valence-corrected chi connectivity index (χ0v) is 13.6. The van der Waals surface area contributed by atoms with Crippen molar-refractivity contribution in [2.75, 3.05) is 5.73 Å². The Hall–Kier alpha value is -2.93.